The highest BCUT2D eigenvalue weighted by Gasteiger charge is 2.01. The van der Waals surface area contributed by atoms with Gasteiger partial charge < -0.3 is 10.3 Å². The van der Waals surface area contributed by atoms with E-state index in [4.69, 9.17) is 0 Å². The van der Waals surface area contributed by atoms with E-state index in [-0.39, 0.29) is 18.3 Å². The molecule has 0 saturated carbocycles. The summed E-state index contributed by atoms with van der Waals surface area (Å²) >= 11 is 0. The second-order valence-electron chi connectivity index (χ2n) is 1.96. The number of amides is 1. The standard InChI is InChI=1S/C7H10N2O.ClH/c1-2-9-7(10)6-3-4-8-5-6;/h3-5,8H,2H2,1H3,(H,9,10);1H. The molecule has 0 bridgehead atoms. The molecule has 0 aliphatic heterocycles. The highest BCUT2D eigenvalue weighted by atomic mass is 35.5. The molecule has 62 valence electrons. The number of carbonyl (C=O) groups excluding carboxylic acids is 1. The lowest BCUT2D eigenvalue weighted by Crippen LogP contribution is -2.21. The van der Waals surface area contributed by atoms with E-state index in [1.54, 1.807) is 18.5 Å². The van der Waals surface area contributed by atoms with E-state index in [1.807, 2.05) is 6.92 Å². The molecule has 0 atom stereocenters. The fourth-order valence-corrected chi connectivity index (χ4v) is 0.728. The summed E-state index contributed by atoms with van der Waals surface area (Å²) in [5.74, 6) is -0.0243. The van der Waals surface area contributed by atoms with E-state index in [2.05, 4.69) is 10.3 Å². The van der Waals surface area contributed by atoms with E-state index in [1.165, 1.54) is 0 Å². The molecule has 0 unspecified atom stereocenters. The van der Waals surface area contributed by atoms with Gasteiger partial charge in [-0.3, -0.25) is 4.79 Å². The molecule has 1 rings (SSSR count). The molecule has 4 heteroatoms. The smallest absolute Gasteiger partial charge is 0.252 e. The fraction of sp³-hybridized carbons (Fsp3) is 0.286. The lowest BCUT2D eigenvalue weighted by atomic mass is 10.3. The summed E-state index contributed by atoms with van der Waals surface area (Å²) in [4.78, 5) is 13.8. The summed E-state index contributed by atoms with van der Waals surface area (Å²) in [5, 5.41) is 2.69. The molecule has 1 aromatic rings. The molecular weight excluding hydrogens is 164 g/mol. The predicted octanol–water partition coefficient (Wildman–Crippen LogP) is 1.19. The van der Waals surface area contributed by atoms with Gasteiger partial charge in [-0.2, -0.15) is 0 Å². The SMILES string of the molecule is CCNC(=O)c1cc[nH]c1.Cl. The third kappa shape index (κ3) is 2.63. The first-order valence-corrected chi connectivity index (χ1v) is 3.25. The summed E-state index contributed by atoms with van der Waals surface area (Å²) in [7, 11) is 0. The topological polar surface area (TPSA) is 44.9 Å². The molecular formula is C7H11ClN2O. The molecule has 0 spiro atoms. The second-order valence-corrected chi connectivity index (χ2v) is 1.96. The highest BCUT2D eigenvalue weighted by molar-refractivity contribution is 5.93. The van der Waals surface area contributed by atoms with Crippen LogP contribution in [0.15, 0.2) is 18.5 Å². The molecule has 0 aliphatic rings. The van der Waals surface area contributed by atoms with Crippen molar-refractivity contribution in [3.05, 3.63) is 24.0 Å². The zero-order chi connectivity index (χ0) is 7.40. The van der Waals surface area contributed by atoms with Crippen LogP contribution in [0.1, 0.15) is 17.3 Å². The monoisotopic (exact) mass is 174 g/mol. The first-order chi connectivity index (χ1) is 4.84. The van der Waals surface area contributed by atoms with Gasteiger partial charge in [0.2, 0.25) is 0 Å². The molecule has 0 aliphatic carbocycles. The maximum absolute atomic E-state index is 11.0. The van der Waals surface area contributed by atoms with Crippen LogP contribution in [-0.2, 0) is 0 Å². The Morgan fingerprint density at radius 3 is 2.91 bits per heavy atom. The van der Waals surface area contributed by atoms with Gasteiger partial charge in [0.25, 0.3) is 5.91 Å². The van der Waals surface area contributed by atoms with E-state index >= 15 is 0 Å². The fourth-order valence-electron chi connectivity index (χ4n) is 0.728. The van der Waals surface area contributed by atoms with Crippen LogP contribution in [0.25, 0.3) is 0 Å². The van der Waals surface area contributed by atoms with Gasteiger partial charge in [0.15, 0.2) is 0 Å². The third-order valence-electron chi connectivity index (χ3n) is 1.20. The van der Waals surface area contributed by atoms with Gasteiger partial charge >= 0.3 is 0 Å². The molecule has 2 N–H and O–H groups in total. The van der Waals surface area contributed by atoms with Crippen molar-refractivity contribution in [1.82, 2.24) is 10.3 Å². The maximum Gasteiger partial charge on any atom is 0.252 e. The summed E-state index contributed by atoms with van der Waals surface area (Å²) in [5.41, 5.74) is 0.682. The molecule has 1 amide bonds. The van der Waals surface area contributed by atoms with Crippen LogP contribution in [0.3, 0.4) is 0 Å². The summed E-state index contributed by atoms with van der Waals surface area (Å²) < 4.78 is 0. The Labute approximate surface area is 71.6 Å². The van der Waals surface area contributed by atoms with Gasteiger partial charge in [0.05, 0.1) is 5.56 Å². The number of aromatic nitrogens is 1. The molecule has 0 fully saturated rings. The number of aromatic amines is 1. The molecule has 1 heterocycles. The van der Waals surface area contributed by atoms with Crippen LogP contribution < -0.4 is 5.32 Å². The Balaban J connectivity index is 0.000001000. The summed E-state index contributed by atoms with van der Waals surface area (Å²) in [6.45, 7) is 2.56. The normalized spacial score (nSPS) is 8.45. The average Bonchev–Trinajstić information content (AvgIpc) is 2.38. The zero-order valence-electron chi connectivity index (χ0n) is 6.26. The van der Waals surface area contributed by atoms with E-state index in [0.717, 1.165) is 0 Å². The van der Waals surface area contributed by atoms with Gasteiger partial charge in [-0.05, 0) is 13.0 Å². The summed E-state index contributed by atoms with van der Waals surface area (Å²) in [6.07, 6.45) is 3.40. The van der Waals surface area contributed by atoms with Crippen LogP contribution in [0, 0.1) is 0 Å². The largest absolute Gasteiger partial charge is 0.367 e. The molecule has 3 nitrogen and oxygen atoms in total. The van der Waals surface area contributed by atoms with Crippen LogP contribution in [0.4, 0.5) is 0 Å². The molecule has 0 aromatic carbocycles. The molecule has 11 heavy (non-hydrogen) atoms. The Hall–Kier alpha value is -0.960. The van der Waals surface area contributed by atoms with Crippen molar-refractivity contribution in [2.24, 2.45) is 0 Å². The summed E-state index contributed by atoms with van der Waals surface area (Å²) in [6, 6.07) is 1.74. The first kappa shape index (κ1) is 10.0. The number of nitrogens with one attached hydrogen (secondary N) is 2. The van der Waals surface area contributed by atoms with Crippen molar-refractivity contribution in [3.63, 3.8) is 0 Å². The Kier molecular flexibility index (Phi) is 4.38. The van der Waals surface area contributed by atoms with Crippen molar-refractivity contribution in [2.45, 2.75) is 6.92 Å². The Bertz CT molecular complexity index is 208. The zero-order valence-corrected chi connectivity index (χ0v) is 7.07. The number of hydrogen-bond donors (Lipinski definition) is 2. The van der Waals surface area contributed by atoms with Crippen LogP contribution in [0.2, 0.25) is 0 Å². The Morgan fingerprint density at radius 2 is 2.45 bits per heavy atom. The van der Waals surface area contributed by atoms with Gasteiger partial charge in [-0.25, -0.2) is 0 Å². The minimum atomic E-state index is -0.0243. The van der Waals surface area contributed by atoms with Crippen LogP contribution >= 0.6 is 12.4 Å². The van der Waals surface area contributed by atoms with Gasteiger partial charge in [0, 0.05) is 18.9 Å². The van der Waals surface area contributed by atoms with Gasteiger partial charge in [-0.1, -0.05) is 0 Å². The number of carbonyl (C=O) groups is 1. The quantitative estimate of drug-likeness (QED) is 0.695. The number of halogens is 1. The number of rotatable bonds is 2. The molecule has 0 radical (unpaired) electrons. The Morgan fingerprint density at radius 1 is 1.73 bits per heavy atom. The average molecular weight is 175 g/mol. The van der Waals surface area contributed by atoms with Gasteiger partial charge in [0.1, 0.15) is 0 Å². The van der Waals surface area contributed by atoms with E-state index < -0.39 is 0 Å². The van der Waals surface area contributed by atoms with Crippen molar-refractivity contribution in [2.75, 3.05) is 6.54 Å². The highest BCUT2D eigenvalue weighted by Crippen LogP contribution is 1.94. The third-order valence-corrected chi connectivity index (χ3v) is 1.20. The van der Waals surface area contributed by atoms with Crippen LogP contribution in [-0.4, -0.2) is 17.4 Å². The van der Waals surface area contributed by atoms with E-state index in [0.29, 0.717) is 12.1 Å². The maximum atomic E-state index is 11.0. The lowest BCUT2D eigenvalue weighted by Gasteiger charge is -1.96. The number of hydrogen-bond acceptors (Lipinski definition) is 1. The molecule has 1 aromatic heterocycles. The van der Waals surface area contributed by atoms with Crippen molar-refractivity contribution in [3.8, 4) is 0 Å². The van der Waals surface area contributed by atoms with Crippen LogP contribution in [0.5, 0.6) is 0 Å². The van der Waals surface area contributed by atoms with Crippen molar-refractivity contribution < 1.29 is 4.79 Å². The number of H-pyrrole nitrogens is 1. The van der Waals surface area contributed by atoms with Gasteiger partial charge in [-0.15, -0.1) is 12.4 Å². The van der Waals surface area contributed by atoms with Crippen molar-refractivity contribution in [1.29, 1.82) is 0 Å². The lowest BCUT2D eigenvalue weighted by molar-refractivity contribution is 0.0956. The first-order valence-electron chi connectivity index (χ1n) is 3.25. The minimum Gasteiger partial charge on any atom is -0.367 e. The van der Waals surface area contributed by atoms with E-state index in [9.17, 15) is 4.79 Å². The second kappa shape index (κ2) is 4.79. The van der Waals surface area contributed by atoms with Crippen molar-refractivity contribution >= 4 is 18.3 Å². The minimum absolute atomic E-state index is 0. The predicted molar refractivity (Wildman–Crippen MR) is 46.0 cm³/mol. The molecule has 0 saturated heterocycles.